The van der Waals surface area contributed by atoms with Gasteiger partial charge in [0.2, 0.25) is 0 Å². The zero-order valence-electron chi connectivity index (χ0n) is 14.1. The zero-order chi connectivity index (χ0) is 17.2. The standard InChI is InChI=1S/C18H25F2NO3/c1-23-13-17(22)7-10-24-18(12-17)5-8-21(9-6-18)11-14-3-2-4-15(19)16(14)20/h2-4,22H,5-13H2,1H3. The molecule has 2 heterocycles. The largest absolute Gasteiger partial charge is 0.387 e. The number of aliphatic hydroxyl groups is 1. The minimum atomic E-state index is -0.830. The Kier molecular flexibility index (Phi) is 5.20. The first kappa shape index (κ1) is 17.7. The Balaban J connectivity index is 1.60. The van der Waals surface area contributed by atoms with Gasteiger partial charge in [-0.15, -0.1) is 0 Å². The number of methoxy groups -OCH3 is 1. The van der Waals surface area contributed by atoms with E-state index in [1.165, 1.54) is 6.07 Å². The maximum atomic E-state index is 13.8. The summed E-state index contributed by atoms with van der Waals surface area (Å²) in [6, 6.07) is 4.29. The highest BCUT2D eigenvalue weighted by molar-refractivity contribution is 5.19. The predicted molar refractivity (Wildman–Crippen MR) is 85.6 cm³/mol. The number of hydrogen-bond acceptors (Lipinski definition) is 4. The normalized spacial score (nSPS) is 27.5. The average Bonchev–Trinajstić information content (AvgIpc) is 2.54. The molecule has 0 aromatic heterocycles. The Morgan fingerprint density at radius 1 is 1.25 bits per heavy atom. The van der Waals surface area contributed by atoms with E-state index in [4.69, 9.17) is 9.47 Å². The van der Waals surface area contributed by atoms with E-state index >= 15 is 0 Å². The second-order valence-corrected chi connectivity index (χ2v) is 7.10. The molecule has 1 aromatic carbocycles. The van der Waals surface area contributed by atoms with Crippen LogP contribution < -0.4 is 0 Å². The van der Waals surface area contributed by atoms with Crippen molar-refractivity contribution >= 4 is 0 Å². The predicted octanol–water partition coefficient (Wildman–Crippen LogP) is 2.49. The van der Waals surface area contributed by atoms with Gasteiger partial charge in [-0.05, 0) is 18.9 Å². The second kappa shape index (κ2) is 7.04. The van der Waals surface area contributed by atoms with Gasteiger partial charge in [-0.25, -0.2) is 8.78 Å². The summed E-state index contributed by atoms with van der Waals surface area (Å²) in [5, 5.41) is 10.6. The first-order valence-electron chi connectivity index (χ1n) is 8.46. The topological polar surface area (TPSA) is 41.9 Å². The molecule has 134 valence electrons. The maximum absolute atomic E-state index is 13.8. The molecule has 1 N–H and O–H groups in total. The van der Waals surface area contributed by atoms with Crippen molar-refractivity contribution in [3.8, 4) is 0 Å². The van der Waals surface area contributed by atoms with Crippen LogP contribution in [0.25, 0.3) is 0 Å². The lowest BCUT2D eigenvalue weighted by Gasteiger charge is -2.49. The number of piperidine rings is 1. The van der Waals surface area contributed by atoms with Gasteiger partial charge >= 0.3 is 0 Å². The van der Waals surface area contributed by atoms with E-state index in [1.54, 1.807) is 13.2 Å². The highest BCUT2D eigenvalue weighted by Gasteiger charge is 2.46. The van der Waals surface area contributed by atoms with Crippen molar-refractivity contribution in [3.05, 3.63) is 35.4 Å². The van der Waals surface area contributed by atoms with E-state index in [9.17, 15) is 13.9 Å². The Labute approximate surface area is 141 Å². The molecule has 1 spiro atoms. The van der Waals surface area contributed by atoms with Gasteiger partial charge in [-0.3, -0.25) is 4.90 Å². The van der Waals surface area contributed by atoms with Crippen molar-refractivity contribution in [2.45, 2.75) is 43.4 Å². The fourth-order valence-corrected chi connectivity index (χ4v) is 3.94. The number of benzene rings is 1. The molecule has 3 rings (SSSR count). The quantitative estimate of drug-likeness (QED) is 0.914. The van der Waals surface area contributed by atoms with Gasteiger partial charge in [-0.2, -0.15) is 0 Å². The molecule has 1 aromatic rings. The smallest absolute Gasteiger partial charge is 0.163 e. The fourth-order valence-electron chi connectivity index (χ4n) is 3.94. The van der Waals surface area contributed by atoms with Gasteiger partial charge in [0, 0.05) is 45.1 Å². The van der Waals surface area contributed by atoms with Crippen LogP contribution in [0.4, 0.5) is 8.78 Å². The minimum absolute atomic E-state index is 0.316. The Hall–Kier alpha value is -1.08. The van der Waals surface area contributed by atoms with Crippen molar-refractivity contribution in [1.29, 1.82) is 0 Å². The van der Waals surface area contributed by atoms with Crippen LogP contribution in [0.3, 0.4) is 0 Å². The number of ether oxygens (including phenoxy) is 2. The summed E-state index contributed by atoms with van der Waals surface area (Å²) >= 11 is 0. The molecule has 1 unspecified atom stereocenters. The van der Waals surface area contributed by atoms with Crippen LogP contribution in [0.15, 0.2) is 18.2 Å². The van der Waals surface area contributed by atoms with E-state index in [-0.39, 0.29) is 5.60 Å². The molecule has 0 bridgehead atoms. The molecular weight excluding hydrogens is 316 g/mol. The molecule has 0 radical (unpaired) electrons. The molecule has 2 aliphatic rings. The third kappa shape index (κ3) is 3.77. The Morgan fingerprint density at radius 3 is 2.71 bits per heavy atom. The number of hydrogen-bond donors (Lipinski definition) is 1. The summed E-state index contributed by atoms with van der Waals surface area (Å²) < 4.78 is 38.3. The van der Waals surface area contributed by atoms with Crippen molar-refractivity contribution < 1.29 is 23.4 Å². The van der Waals surface area contributed by atoms with Crippen LogP contribution in [-0.2, 0) is 16.0 Å². The molecule has 6 heteroatoms. The molecule has 1 atom stereocenters. The van der Waals surface area contributed by atoms with Crippen molar-refractivity contribution in [3.63, 3.8) is 0 Å². The minimum Gasteiger partial charge on any atom is -0.387 e. The monoisotopic (exact) mass is 341 g/mol. The molecule has 2 fully saturated rings. The fraction of sp³-hybridized carbons (Fsp3) is 0.667. The van der Waals surface area contributed by atoms with E-state index in [0.717, 1.165) is 32.0 Å². The van der Waals surface area contributed by atoms with Gasteiger partial charge in [0.05, 0.1) is 24.4 Å². The molecular formula is C18H25F2NO3. The van der Waals surface area contributed by atoms with Crippen LogP contribution in [0.5, 0.6) is 0 Å². The van der Waals surface area contributed by atoms with Crippen molar-refractivity contribution in [2.24, 2.45) is 0 Å². The lowest BCUT2D eigenvalue weighted by atomic mass is 9.77. The number of nitrogens with zero attached hydrogens (tertiary/aromatic N) is 1. The van der Waals surface area contributed by atoms with Gasteiger partial charge < -0.3 is 14.6 Å². The van der Waals surface area contributed by atoms with E-state index < -0.39 is 17.2 Å². The summed E-state index contributed by atoms with van der Waals surface area (Å²) in [6.45, 7) is 2.70. The van der Waals surface area contributed by atoms with E-state index in [0.29, 0.717) is 38.2 Å². The van der Waals surface area contributed by atoms with Crippen molar-refractivity contribution in [1.82, 2.24) is 4.90 Å². The van der Waals surface area contributed by atoms with Crippen molar-refractivity contribution in [2.75, 3.05) is 33.4 Å². The molecule has 0 aliphatic carbocycles. The van der Waals surface area contributed by atoms with Crippen LogP contribution in [0.1, 0.15) is 31.2 Å². The summed E-state index contributed by atoms with van der Waals surface area (Å²) in [5.74, 6) is -1.57. The third-order valence-electron chi connectivity index (χ3n) is 5.23. The van der Waals surface area contributed by atoms with Crippen LogP contribution in [0.2, 0.25) is 0 Å². The SMILES string of the molecule is COCC1(O)CCOC2(CCN(Cc3cccc(F)c3F)CC2)C1. The molecule has 24 heavy (non-hydrogen) atoms. The Morgan fingerprint density at radius 2 is 2.00 bits per heavy atom. The second-order valence-electron chi connectivity index (χ2n) is 7.10. The highest BCUT2D eigenvalue weighted by Crippen LogP contribution is 2.40. The summed E-state index contributed by atoms with van der Waals surface area (Å²) in [7, 11) is 1.59. The molecule has 2 saturated heterocycles. The number of likely N-dealkylation sites (tertiary alicyclic amines) is 1. The molecule has 2 aliphatic heterocycles. The highest BCUT2D eigenvalue weighted by atomic mass is 19.2. The number of rotatable bonds is 4. The molecule has 4 nitrogen and oxygen atoms in total. The summed E-state index contributed by atoms with van der Waals surface area (Å²) in [4.78, 5) is 2.11. The molecule has 0 saturated carbocycles. The first-order chi connectivity index (χ1) is 11.5. The number of halogens is 2. The Bertz CT molecular complexity index is 571. The summed E-state index contributed by atoms with van der Waals surface area (Å²) in [6.07, 6.45) is 2.70. The van der Waals surface area contributed by atoms with Gasteiger partial charge in [0.25, 0.3) is 0 Å². The van der Waals surface area contributed by atoms with Crippen LogP contribution >= 0.6 is 0 Å². The van der Waals surface area contributed by atoms with Gasteiger partial charge in [0.15, 0.2) is 11.6 Å². The van der Waals surface area contributed by atoms with Gasteiger partial charge in [-0.1, -0.05) is 12.1 Å². The first-order valence-corrected chi connectivity index (χ1v) is 8.46. The molecule has 0 amide bonds. The van der Waals surface area contributed by atoms with Crippen LogP contribution in [-0.4, -0.2) is 54.6 Å². The van der Waals surface area contributed by atoms with Gasteiger partial charge in [0.1, 0.15) is 0 Å². The van der Waals surface area contributed by atoms with E-state index in [2.05, 4.69) is 4.90 Å². The summed E-state index contributed by atoms with van der Waals surface area (Å²) in [5.41, 5.74) is -0.779. The lowest BCUT2D eigenvalue weighted by Crippen LogP contribution is -2.55. The van der Waals surface area contributed by atoms with E-state index in [1.807, 2.05) is 0 Å². The lowest BCUT2D eigenvalue weighted by molar-refractivity contribution is -0.191. The maximum Gasteiger partial charge on any atom is 0.163 e. The third-order valence-corrected chi connectivity index (χ3v) is 5.23. The average molecular weight is 341 g/mol. The van der Waals surface area contributed by atoms with Crippen LogP contribution in [0, 0.1) is 11.6 Å². The zero-order valence-corrected chi connectivity index (χ0v) is 14.1.